The third kappa shape index (κ3) is 3.42. The minimum absolute atomic E-state index is 0.227. The van der Waals surface area contributed by atoms with E-state index in [1.807, 2.05) is 0 Å². The lowest BCUT2D eigenvalue weighted by Gasteiger charge is -2.29. The van der Waals surface area contributed by atoms with Gasteiger partial charge in [0.1, 0.15) is 11.7 Å². The molecule has 1 aromatic carbocycles. The fourth-order valence-electron chi connectivity index (χ4n) is 2.61. The molecule has 0 N–H and O–H groups in total. The molecule has 2 aromatic heterocycles. The van der Waals surface area contributed by atoms with E-state index in [0.717, 1.165) is 19.2 Å². The highest BCUT2D eigenvalue weighted by atomic mass is 35.5. The highest BCUT2D eigenvalue weighted by Gasteiger charge is 2.47. The standard InChI is InChI=1S/C16H13ClF3N3O2S/c1-22(15(16(18,19)20)11-2-4-12(17)5-3-11)26(24,25)13-6-8-23-9-7-21-14(23)10-13/h2-10,15H,1H3. The summed E-state index contributed by atoms with van der Waals surface area (Å²) < 4.78 is 68.4. The molecule has 1 atom stereocenters. The van der Waals surface area contributed by atoms with Crippen LogP contribution in [0.15, 0.2) is 59.9 Å². The fourth-order valence-corrected chi connectivity index (χ4v) is 4.07. The number of rotatable bonds is 4. The van der Waals surface area contributed by atoms with Crippen LogP contribution in [0, 0.1) is 0 Å². The van der Waals surface area contributed by atoms with Crippen LogP contribution in [0.3, 0.4) is 0 Å². The summed E-state index contributed by atoms with van der Waals surface area (Å²) in [6.07, 6.45) is -0.329. The molecule has 1 unspecified atom stereocenters. The van der Waals surface area contributed by atoms with E-state index in [-0.39, 0.29) is 15.5 Å². The highest BCUT2D eigenvalue weighted by Crippen LogP contribution is 2.39. The van der Waals surface area contributed by atoms with Gasteiger partial charge in [-0.1, -0.05) is 23.7 Å². The maximum Gasteiger partial charge on any atom is 0.409 e. The molecule has 0 aliphatic rings. The second kappa shape index (κ2) is 6.57. The van der Waals surface area contributed by atoms with Gasteiger partial charge in [0.25, 0.3) is 0 Å². The number of nitrogens with zero attached hydrogens (tertiary/aromatic N) is 3. The quantitative estimate of drug-likeness (QED) is 0.663. The Morgan fingerprint density at radius 1 is 1.15 bits per heavy atom. The Morgan fingerprint density at radius 2 is 1.81 bits per heavy atom. The Hall–Kier alpha value is -2.10. The van der Waals surface area contributed by atoms with Gasteiger partial charge in [-0.25, -0.2) is 13.4 Å². The molecule has 0 amide bonds. The van der Waals surface area contributed by atoms with E-state index >= 15 is 0 Å². The maximum absolute atomic E-state index is 13.7. The van der Waals surface area contributed by atoms with Crippen LogP contribution in [0.4, 0.5) is 13.2 Å². The summed E-state index contributed by atoms with van der Waals surface area (Å²) in [5.41, 5.74) is 0.0874. The molecule has 3 rings (SSSR count). The van der Waals surface area contributed by atoms with Crippen molar-refractivity contribution in [2.45, 2.75) is 17.1 Å². The molecule has 0 saturated carbocycles. The van der Waals surface area contributed by atoms with E-state index in [1.54, 1.807) is 10.6 Å². The SMILES string of the molecule is CN(C(c1ccc(Cl)cc1)C(F)(F)F)S(=O)(=O)c1ccn2ccnc2c1. The minimum Gasteiger partial charge on any atom is -0.307 e. The molecule has 0 bridgehead atoms. The summed E-state index contributed by atoms with van der Waals surface area (Å²) in [6.45, 7) is 0. The van der Waals surface area contributed by atoms with Crippen molar-refractivity contribution >= 4 is 27.3 Å². The van der Waals surface area contributed by atoms with Crippen molar-refractivity contribution in [2.24, 2.45) is 0 Å². The molecule has 26 heavy (non-hydrogen) atoms. The lowest BCUT2D eigenvalue weighted by atomic mass is 10.1. The van der Waals surface area contributed by atoms with Crippen LogP contribution in [0.25, 0.3) is 5.65 Å². The molecule has 5 nitrogen and oxygen atoms in total. The molecule has 0 aliphatic heterocycles. The number of imidazole rings is 1. The molecule has 10 heteroatoms. The lowest BCUT2D eigenvalue weighted by Crippen LogP contribution is -2.39. The topological polar surface area (TPSA) is 54.7 Å². The predicted octanol–water partition coefficient (Wildman–Crippen LogP) is 3.91. The first-order chi connectivity index (χ1) is 12.1. The van der Waals surface area contributed by atoms with Crippen LogP contribution < -0.4 is 0 Å². The van der Waals surface area contributed by atoms with E-state index in [4.69, 9.17) is 11.6 Å². The van der Waals surface area contributed by atoms with Gasteiger partial charge in [0.2, 0.25) is 10.0 Å². The number of sulfonamides is 1. The monoisotopic (exact) mass is 403 g/mol. The summed E-state index contributed by atoms with van der Waals surface area (Å²) in [4.78, 5) is 3.68. The highest BCUT2D eigenvalue weighted by molar-refractivity contribution is 7.89. The van der Waals surface area contributed by atoms with Crippen molar-refractivity contribution in [1.29, 1.82) is 0 Å². The van der Waals surface area contributed by atoms with Gasteiger partial charge in [-0.3, -0.25) is 0 Å². The number of halogens is 4. The number of alkyl halides is 3. The normalized spacial score (nSPS) is 14.1. The zero-order valence-electron chi connectivity index (χ0n) is 13.4. The number of hydrogen-bond donors (Lipinski definition) is 0. The third-order valence-electron chi connectivity index (χ3n) is 3.91. The van der Waals surface area contributed by atoms with Crippen LogP contribution >= 0.6 is 11.6 Å². The van der Waals surface area contributed by atoms with Gasteiger partial charge in [-0.15, -0.1) is 0 Å². The third-order valence-corrected chi connectivity index (χ3v) is 5.98. The summed E-state index contributed by atoms with van der Waals surface area (Å²) in [5.74, 6) is 0. The molecule has 0 aliphatic carbocycles. The van der Waals surface area contributed by atoms with Crippen molar-refractivity contribution < 1.29 is 21.6 Å². The molecule has 0 spiro atoms. The van der Waals surface area contributed by atoms with E-state index in [2.05, 4.69) is 4.98 Å². The maximum atomic E-state index is 13.7. The molecule has 2 heterocycles. The van der Waals surface area contributed by atoms with Gasteiger partial charge in [0.15, 0.2) is 0 Å². The Bertz CT molecular complexity index is 1030. The molecule has 0 saturated heterocycles. The van der Waals surface area contributed by atoms with Gasteiger partial charge in [-0.05, 0) is 23.8 Å². The zero-order valence-corrected chi connectivity index (χ0v) is 14.9. The predicted molar refractivity (Wildman–Crippen MR) is 90.4 cm³/mol. The number of benzene rings is 1. The zero-order chi connectivity index (χ0) is 19.1. The molecule has 0 radical (unpaired) electrons. The summed E-state index contributed by atoms with van der Waals surface area (Å²) >= 11 is 5.72. The van der Waals surface area contributed by atoms with E-state index in [1.165, 1.54) is 36.7 Å². The number of hydrogen-bond acceptors (Lipinski definition) is 3. The second-order valence-electron chi connectivity index (χ2n) is 5.57. The minimum atomic E-state index is -4.81. The first-order valence-corrected chi connectivity index (χ1v) is 9.15. The molecular formula is C16H13ClF3N3O2S. The Balaban J connectivity index is 2.07. The smallest absolute Gasteiger partial charge is 0.307 e. The fraction of sp³-hybridized carbons (Fsp3) is 0.188. The van der Waals surface area contributed by atoms with Crippen LogP contribution in [-0.2, 0) is 10.0 Å². The van der Waals surface area contributed by atoms with Crippen LogP contribution in [0.5, 0.6) is 0 Å². The summed E-state index contributed by atoms with van der Waals surface area (Å²) in [6, 6.07) is 4.99. The average Bonchev–Trinajstić information content (AvgIpc) is 3.03. The van der Waals surface area contributed by atoms with E-state index in [9.17, 15) is 21.6 Å². The van der Waals surface area contributed by atoms with Gasteiger partial charge >= 0.3 is 6.18 Å². The Kier molecular flexibility index (Phi) is 4.72. The second-order valence-corrected chi connectivity index (χ2v) is 8.01. The molecule has 3 aromatic rings. The number of aromatic nitrogens is 2. The van der Waals surface area contributed by atoms with Crippen LogP contribution in [0.2, 0.25) is 5.02 Å². The van der Waals surface area contributed by atoms with Crippen LogP contribution in [-0.4, -0.2) is 35.3 Å². The van der Waals surface area contributed by atoms with Crippen molar-refractivity contribution in [3.05, 3.63) is 65.6 Å². The Morgan fingerprint density at radius 3 is 2.42 bits per heavy atom. The van der Waals surface area contributed by atoms with Gasteiger partial charge in [0, 0.05) is 36.7 Å². The van der Waals surface area contributed by atoms with E-state index < -0.39 is 22.2 Å². The molecule has 138 valence electrons. The lowest BCUT2D eigenvalue weighted by molar-refractivity contribution is -0.171. The molecular weight excluding hydrogens is 391 g/mol. The summed E-state index contributed by atoms with van der Waals surface area (Å²) in [5, 5.41) is 0.255. The number of pyridine rings is 1. The van der Waals surface area contributed by atoms with Crippen LogP contribution in [0.1, 0.15) is 11.6 Å². The first kappa shape index (κ1) is 18.7. The van der Waals surface area contributed by atoms with Crippen molar-refractivity contribution in [3.8, 4) is 0 Å². The van der Waals surface area contributed by atoms with Gasteiger partial charge in [-0.2, -0.15) is 17.5 Å². The van der Waals surface area contributed by atoms with Gasteiger partial charge in [0.05, 0.1) is 4.90 Å². The van der Waals surface area contributed by atoms with E-state index in [0.29, 0.717) is 9.95 Å². The number of fused-ring (bicyclic) bond motifs is 1. The van der Waals surface area contributed by atoms with Crippen molar-refractivity contribution in [2.75, 3.05) is 7.05 Å². The summed E-state index contributed by atoms with van der Waals surface area (Å²) in [7, 11) is -3.52. The Labute approximate surface area is 152 Å². The first-order valence-electron chi connectivity index (χ1n) is 7.33. The van der Waals surface area contributed by atoms with Gasteiger partial charge < -0.3 is 4.40 Å². The molecule has 0 fully saturated rings. The average molecular weight is 404 g/mol. The largest absolute Gasteiger partial charge is 0.409 e. The van der Waals surface area contributed by atoms with Crippen molar-refractivity contribution in [3.63, 3.8) is 0 Å². The van der Waals surface area contributed by atoms with Crippen molar-refractivity contribution in [1.82, 2.24) is 13.7 Å².